The number of nitrogens with zero attached hydrogens (tertiary/aromatic N) is 4. The minimum absolute atomic E-state index is 0.0404. The van der Waals surface area contributed by atoms with Crippen molar-refractivity contribution in [2.24, 2.45) is 5.92 Å². The van der Waals surface area contributed by atoms with Crippen LogP contribution in [0.2, 0.25) is 0 Å². The quantitative estimate of drug-likeness (QED) is 0.827. The second-order valence-corrected chi connectivity index (χ2v) is 6.85. The van der Waals surface area contributed by atoms with E-state index in [1.165, 1.54) is 11.8 Å². The molecule has 1 amide bonds. The molecule has 0 saturated carbocycles. The van der Waals surface area contributed by atoms with E-state index >= 15 is 0 Å². The number of aliphatic hydroxyl groups is 1. The Kier molecular flexibility index (Phi) is 4.39. The van der Waals surface area contributed by atoms with Gasteiger partial charge in [0.2, 0.25) is 5.91 Å². The van der Waals surface area contributed by atoms with Gasteiger partial charge in [0.1, 0.15) is 11.9 Å². The normalized spacial score (nSPS) is 17.6. The predicted molar refractivity (Wildman–Crippen MR) is 77.5 cm³/mol. The van der Waals surface area contributed by atoms with E-state index in [0.717, 1.165) is 5.16 Å². The van der Waals surface area contributed by atoms with Crippen LogP contribution in [0, 0.1) is 5.92 Å². The van der Waals surface area contributed by atoms with E-state index in [9.17, 15) is 9.90 Å². The van der Waals surface area contributed by atoms with E-state index in [1.807, 2.05) is 32.3 Å². The van der Waals surface area contributed by atoms with Gasteiger partial charge in [-0.25, -0.2) is 0 Å². The van der Waals surface area contributed by atoms with Crippen LogP contribution in [0.15, 0.2) is 11.5 Å². The van der Waals surface area contributed by atoms with Crippen molar-refractivity contribution in [2.45, 2.75) is 44.5 Å². The molecule has 1 fully saturated rings. The van der Waals surface area contributed by atoms with Crippen molar-refractivity contribution < 1.29 is 9.90 Å². The van der Waals surface area contributed by atoms with Crippen LogP contribution >= 0.6 is 11.8 Å². The first-order valence-corrected chi connectivity index (χ1v) is 7.84. The summed E-state index contributed by atoms with van der Waals surface area (Å²) in [5.74, 6) is 0.543. The van der Waals surface area contributed by atoms with Gasteiger partial charge in [-0.3, -0.25) is 4.79 Å². The van der Waals surface area contributed by atoms with Gasteiger partial charge in [0.25, 0.3) is 0 Å². The molecule has 1 aromatic rings. The van der Waals surface area contributed by atoms with E-state index in [4.69, 9.17) is 0 Å². The minimum atomic E-state index is -0.710. The van der Waals surface area contributed by atoms with E-state index in [-0.39, 0.29) is 17.9 Å². The van der Waals surface area contributed by atoms with Gasteiger partial charge in [-0.2, -0.15) is 0 Å². The lowest BCUT2D eigenvalue weighted by Crippen LogP contribution is -2.66. The number of β-amino-alcohol motifs (C(OH)–C–C–N with tert-alkyl or cyclic N) is 1. The maximum atomic E-state index is 12.0. The van der Waals surface area contributed by atoms with Gasteiger partial charge in [0.05, 0.1) is 18.8 Å². The highest BCUT2D eigenvalue weighted by Gasteiger charge is 2.45. The van der Waals surface area contributed by atoms with Crippen LogP contribution < -0.4 is 0 Å². The first-order valence-electron chi connectivity index (χ1n) is 6.86. The Labute approximate surface area is 123 Å². The van der Waals surface area contributed by atoms with Gasteiger partial charge in [0.15, 0.2) is 5.16 Å². The van der Waals surface area contributed by atoms with Gasteiger partial charge in [-0.15, -0.1) is 10.2 Å². The molecule has 0 atom stereocenters. The number of carbonyl (C=O) groups is 1. The fourth-order valence-corrected chi connectivity index (χ4v) is 3.01. The van der Waals surface area contributed by atoms with Crippen LogP contribution in [0.5, 0.6) is 0 Å². The summed E-state index contributed by atoms with van der Waals surface area (Å²) in [5, 5.41) is 18.8. The lowest BCUT2D eigenvalue weighted by atomic mass is 9.83. The second kappa shape index (κ2) is 5.73. The van der Waals surface area contributed by atoms with Gasteiger partial charge < -0.3 is 14.6 Å². The van der Waals surface area contributed by atoms with Crippen molar-refractivity contribution in [1.82, 2.24) is 19.7 Å². The molecule has 0 unspecified atom stereocenters. The molecule has 112 valence electrons. The second-order valence-electron chi connectivity index (χ2n) is 5.91. The summed E-state index contributed by atoms with van der Waals surface area (Å²) in [4.78, 5) is 13.7. The Bertz CT molecular complexity index is 480. The molecule has 0 radical (unpaired) electrons. The fraction of sp³-hybridized carbons (Fsp3) is 0.769. The van der Waals surface area contributed by atoms with Crippen LogP contribution in [-0.2, 0) is 4.79 Å². The number of amides is 1. The summed E-state index contributed by atoms with van der Waals surface area (Å²) in [6.45, 7) is 8.91. The monoisotopic (exact) mass is 298 g/mol. The highest BCUT2D eigenvalue weighted by Crippen LogP contribution is 2.29. The number of aromatic nitrogens is 3. The lowest BCUT2D eigenvalue weighted by molar-refractivity contribution is -0.161. The third-order valence-electron chi connectivity index (χ3n) is 3.78. The standard InChI is InChI=1S/C13H22N4O2S/c1-9(2)13(19)6-16(7-13)11(18)5-20-12-15-14-8-17(12)10(3)4/h8-10,19H,5-7H2,1-4H3. The van der Waals surface area contributed by atoms with E-state index in [0.29, 0.717) is 18.8 Å². The zero-order valence-electron chi connectivity index (χ0n) is 12.4. The van der Waals surface area contributed by atoms with Crippen molar-refractivity contribution in [3.63, 3.8) is 0 Å². The van der Waals surface area contributed by atoms with Crippen LogP contribution in [-0.4, -0.2) is 55.1 Å². The third-order valence-corrected chi connectivity index (χ3v) is 4.72. The van der Waals surface area contributed by atoms with E-state index in [2.05, 4.69) is 10.2 Å². The Morgan fingerprint density at radius 1 is 1.45 bits per heavy atom. The molecule has 6 nitrogen and oxygen atoms in total. The molecule has 1 aliphatic rings. The fourth-order valence-electron chi connectivity index (χ4n) is 2.06. The average molecular weight is 298 g/mol. The summed E-state index contributed by atoms with van der Waals surface area (Å²) in [6, 6.07) is 0.276. The Morgan fingerprint density at radius 2 is 2.10 bits per heavy atom. The van der Waals surface area contributed by atoms with Crippen molar-refractivity contribution >= 4 is 17.7 Å². The highest BCUT2D eigenvalue weighted by atomic mass is 32.2. The van der Waals surface area contributed by atoms with Gasteiger partial charge in [-0.05, 0) is 19.8 Å². The maximum Gasteiger partial charge on any atom is 0.233 e. The van der Waals surface area contributed by atoms with Crippen LogP contribution in [0.3, 0.4) is 0 Å². The topological polar surface area (TPSA) is 71.2 Å². The van der Waals surface area contributed by atoms with Crippen molar-refractivity contribution in [1.29, 1.82) is 0 Å². The van der Waals surface area contributed by atoms with E-state index < -0.39 is 5.60 Å². The summed E-state index contributed by atoms with van der Waals surface area (Å²) < 4.78 is 1.94. The molecule has 0 spiro atoms. The number of hydrogen-bond donors (Lipinski definition) is 1. The Hall–Kier alpha value is -1.08. The molecule has 7 heteroatoms. The molecule has 1 saturated heterocycles. The molecule has 20 heavy (non-hydrogen) atoms. The lowest BCUT2D eigenvalue weighted by Gasteiger charge is -2.49. The molecule has 0 aliphatic carbocycles. The number of carbonyl (C=O) groups excluding carboxylic acids is 1. The van der Waals surface area contributed by atoms with Crippen LogP contribution in [0.4, 0.5) is 0 Å². The largest absolute Gasteiger partial charge is 0.386 e. The van der Waals surface area contributed by atoms with E-state index in [1.54, 1.807) is 11.2 Å². The highest BCUT2D eigenvalue weighted by molar-refractivity contribution is 7.99. The maximum absolute atomic E-state index is 12.0. The first-order chi connectivity index (χ1) is 9.33. The van der Waals surface area contributed by atoms with Gasteiger partial charge in [-0.1, -0.05) is 25.6 Å². The minimum Gasteiger partial charge on any atom is -0.386 e. The smallest absolute Gasteiger partial charge is 0.233 e. The van der Waals surface area contributed by atoms with Crippen molar-refractivity contribution in [3.8, 4) is 0 Å². The molecule has 1 aliphatic heterocycles. The summed E-state index contributed by atoms with van der Waals surface area (Å²) in [5.41, 5.74) is -0.710. The molecule has 2 rings (SSSR count). The molecule has 2 heterocycles. The molecule has 1 N–H and O–H groups in total. The Balaban J connectivity index is 1.84. The summed E-state index contributed by atoms with van der Waals surface area (Å²) in [6.07, 6.45) is 1.68. The van der Waals surface area contributed by atoms with Crippen LogP contribution in [0.1, 0.15) is 33.7 Å². The SMILES string of the molecule is CC(C)n1cnnc1SCC(=O)N1CC(O)(C(C)C)C1. The molecule has 1 aromatic heterocycles. The summed E-state index contributed by atoms with van der Waals surface area (Å²) >= 11 is 1.39. The number of thioether (sulfide) groups is 1. The Morgan fingerprint density at radius 3 is 2.65 bits per heavy atom. The van der Waals surface area contributed by atoms with Gasteiger partial charge in [0, 0.05) is 6.04 Å². The molecular formula is C13H22N4O2S. The zero-order valence-corrected chi connectivity index (χ0v) is 13.2. The number of rotatable bonds is 5. The van der Waals surface area contributed by atoms with Crippen LogP contribution in [0.25, 0.3) is 0 Å². The first kappa shape index (κ1) is 15.3. The summed E-state index contributed by atoms with van der Waals surface area (Å²) in [7, 11) is 0. The third kappa shape index (κ3) is 2.98. The zero-order chi connectivity index (χ0) is 14.9. The van der Waals surface area contributed by atoms with Crippen molar-refractivity contribution in [2.75, 3.05) is 18.8 Å². The molecule has 0 aromatic carbocycles. The van der Waals surface area contributed by atoms with Gasteiger partial charge >= 0.3 is 0 Å². The predicted octanol–water partition coefficient (Wildman–Crippen LogP) is 1.18. The average Bonchev–Trinajstić information content (AvgIpc) is 2.80. The molecule has 0 bridgehead atoms. The molecular weight excluding hydrogens is 276 g/mol. The number of likely N-dealkylation sites (tertiary alicyclic amines) is 1. The van der Waals surface area contributed by atoms with Crippen molar-refractivity contribution in [3.05, 3.63) is 6.33 Å². The number of hydrogen-bond acceptors (Lipinski definition) is 5.